The van der Waals surface area contributed by atoms with Crippen LogP contribution in [0.15, 0.2) is 22.7 Å². The number of hydrogen-bond acceptors (Lipinski definition) is 5. The number of aryl methyl sites for hydroxylation is 3. The SMILES string of the molecule is Cc1cnc(NC(C)c2cc(C)oc2C)c([N+](=O)[O-])c1. The van der Waals surface area contributed by atoms with Crippen LogP contribution in [0.1, 0.15) is 35.6 Å². The Morgan fingerprint density at radius 2 is 2.05 bits per heavy atom. The van der Waals surface area contributed by atoms with Crippen LogP contribution in [0.25, 0.3) is 0 Å². The van der Waals surface area contributed by atoms with E-state index in [0.29, 0.717) is 0 Å². The fourth-order valence-electron chi connectivity index (χ4n) is 2.17. The normalized spacial score (nSPS) is 12.2. The smallest absolute Gasteiger partial charge is 0.311 e. The number of nitro groups is 1. The van der Waals surface area contributed by atoms with Crippen LogP contribution in [0.5, 0.6) is 0 Å². The molecule has 6 heteroatoms. The highest BCUT2D eigenvalue weighted by atomic mass is 16.6. The zero-order chi connectivity index (χ0) is 14.9. The van der Waals surface area contributed by atoms with E-state index in [1.807, 2.05) is 26.8 Å². The molecule has 0 radical (unpaired) electrons. The van der Waals surface area contributed by atoms with Gasteiger partial charge in [0.15, 0.2) is 0 Å². The van der Waals surface area contributed by atoms with Gasteiger partial charge in [0.2, 0.25) is 5.82 Å². The second kappa shape index (κ2) is 5.32. The van der Waals surface area contributed by atoms with E-state index in [0.717, 1.165) is 22.6 Å². The number of nitrogens with one attached hydrogen (secondary N) is 1. The molecule has 0 amide bonds. The van der Waals surface area contributed by atoms with E-state index < -0.39 is 4.92 Å². The van der Waals surface area contributed by atoms with Crippen molar-refractivity contribution < 1.29 is 9.34 Å². The minimum Gasteiger partial charge on any atom is -0.466 e. The van der Waals surface area contributed by atoms with Crippen molar-refractivity contribution in [3.05, 3.63) is 51.1 Å². The number of anilines is 1. The first-order chi connectivity index (χ1) is 9.38. The van der Waals surface area contributed by atoms with E-state index in [4.69, 9.17) is 4.42 Å². The van der Waals surface area contributed by atoms with E-state index in [2.05, 4.69) is 10.3 Å². The Hall–Kier alpha value is -2.37. The standard InChI is InChI=1S/C14H17N3O3/c1-8-5-13(17(18)19)14(15-7-8)16-10(3)12-6-9(2)20-11(12)4/h5-7,10H,1-4H3,(H,15,16). The van der Waals surface area contributed by atoms with Crippen molar-refractivity contribution in [2.24, 2.45) is 0 Å². The molecule has 0 aliphatic rings. The van der Waals surface area contributed by atoms with E-state index in [1.165, 1.54) is 6.07 Å². The predicted molar refractivity (Wildman–Crippen MR) is 75.8 cm³/mol. The second-order valence-electron chi connectivity index (χ2n) is 4.87. The van der Waals surface area contributed by atoms with Gasteiger partial charge in [-0.15, -0.1) is 0 Å². The Bertz CT molecular complexity index is 649. The number of hydrogen-bond donors (Lipinski definition) is 1. The molecule has 6 nitrogen and oxygen atoms in total. The highest BCUT2D eigenvalue weighted by Gasteiger charge is 2.19. The maximum absolute atomic E-state index is 11.1. The number of nitrogens with zero attached hydrogens (tertiary/aromatic N) is 2. The topological polar surface area (TPSA) is 81.2 Å². The highest BCUT2D eigenvalue weighted by Crippen LogP contribution is 2.29. The highest BCUT2D eigenvalue weighted by molar-refractivity contribution is 5.57. The third-order valence-electron chi connectivity index (χ3n) is 3.10. The predicted octanol–water partition coefficient (Wildman–Crippen LogP) is 3.68. The third-order valence-corrected chi connectivity index (χ3v) is 3.10. The minimum absolute atomic E-state index is 0.0188. The lowest BCUT2D eigenvalue weighted by Crippen LogP contribution is -2.10. The van der Waals surface area contributed by atoms with Crippen LogP contribution in [0.2, 0.25) is 0 Å². The molecule has 0 bridgehead atoms. The molecule has 0 fully saturated rings. The van der Waals surface area contributed by atoms with Crippen LogP contribution < -0.4 is 5.32 Å². The van der Waals surface area contributed by atoms with Gasteiger partial charge < -0.3 is 9.73 Å². The Labute approximate surface area is 117 Å². The van der Waals surface area contributed by atoms with Gasteiger partial charge in [0.05, 0.1) is 11.0 Å². The number of furan rings is 1. The van der Waals surface area contributed by atoms with Gasteiger partial charge in [0.1, 0.15) is 11.5 Å². The van der Waals surface area contributed by atoms with Crippen LogP contribution >= 0.6 is 0 Å². The van der Waals surface area contributed by atoms with Gasteiger partial charge in [-0.2, -0.15) is 0 Å². The minimum atomic E-state index is -0.428. The molecule has 0 spiro atoms. The summed E-state index contributed by atoms with van der Waals surface area (Å²) in [7, 11) is 0. The van der Waals surface area contributed by atoms with Gasteiger partial charge in [0, 0.05) is 17.8 Å². The van der Waals surface area contributed by atoms with Gasteiger partial charge in [-0.25, -0.2) is 4.98 Å². The maximum atomic E-state index is 11.1. The molecule has 2 aromatic rings. The van der Waals surface area contributed by atoms with Crippen LogP contribution in [0.4, 0.5) is 11.5 Å². The van der Waals surface area contributed by atoms with Crippen LogP contribution in [-0.4, -0.2) is 9.91 Å². The van der Waals surface area contributed by atoms with Gasteiger partial charge in [0.25, 0.3) is 0 Å². The zero-order valence-corrected chi connectivity index (χ0v) is 11.9. The lowest BCUT2D eigenvalue weighted by Gasteiger charge is -2.14. The summed E-state index contributed by atoms with van der Waals surface area (Å²) in [4.78, 5) is 14.8. The molecular formula is C14H17N3O3. The van der Waals surface area contributed by atoms with Crippen molar-refractivity contribution in [3.8, 4) is 0 Å². The molecule has 2 aromatic heterocycles. The Morgan fingerprint density at radius 3 is 2.60 bits per heavy atom. The van der Waals surface area contributed by atoms with E-state index in [9.17, 15) is 10.1 Å². The lowest BCUT2D eigenvalue weighted by atomic mass is 10.1. The molecule has 0 aliphatic heterocycles. The van der Waals surface area contributed by atoms with Crippen LogP contribution in [0.3, 0.4) is 0 Å². The molecule has 0 saturated heterocycles. The molecule has 0 aromatic carbocycles. The summed E-state index contributed by atoms with van der Waals surface area (Å²) in [6.07, 6.45) is 1.61. The first kappa shape index (κ1) is 14.0. The summed E-state index contributed by atoms with van der Waals surface area (Å²) in [6.45, 7) is 7.44. The molecule has 1 unspecified atom stereocenters. The van der Waals surface area contributed by atoms with E-state index >= 15 is 0 Å². The molecular weight excluding hydrogens is 258 g/mol. The summed E-state index contributed by atoms with van der Waals surface area (Å²) in [5.41, 5.74) is 1.71. The van der Waals surface area contributed by atoms with Gasteiger partial charge in [-0.1, -0.05) is 0 Å². The van der Waals surface area contributed by atoms with Crippen molar-refractivity contribution >= 4 is 11.5 Å². The van der Waals surface area contributed by atoms with Crippen molar-refractivity contribution in [2.45, 2.75) is 33.7 Å². The van der Waals surface area contributed by atoms with Gasteiger partial charge in [-0.05, 0) is 39.3 Å². The average Bonchev–Trinajstić information content (AvgIpc) is 2.70. The van der Waals surface area contributed by atoms with Crippen molar-refractivity contribution in [1.29, 1.82) is 0 Å². The Balaban J connectivity index is 2.30. The van der Waals surface area contributed by atoms with Gasteiger partial charge in [-0.3, -0.25) is 10.1 Å². The fourth-order valence-corrected chi connectivity index (χ4v) is 2.17. The van der Waals surface area contributed by atoms with Gasteiger partial charge >= 0.3 is 5.69 Å². The van der Waals surface area contributed by atoms with Crippen molar-refractivity contribution in [3.63, 3.8) is 0 Å². The maximum Gasteiger partial charge on any atom is 0.311 e. The molecule has 1 N–H and O–H groups in total. The molecule has 1 atom stereocenters. The molecule has 0 saturated carbocycles. The quantitative estimate of drug-likeness (QED) is 0.680. The van der Waals surface area contributed by atoms with Crippen molar-refractivity contribution in [1.82, 2.24) is 4.98 Å². The number of rotatable bonds is 4. The lowest BCUT2D eigenvalue weighted by molar-refractivity contribution is -0.384. The summed E-state index contributed by atoms with van der Waals surface area (Å²) < 4.78 is 5.48. The first-order valence-electron chi connectivity index (χ1n) is 6.33. The molecule has 20 heavy (non-hydrogen) atoms. The molecule has 2 rings (SSSR count). The Morgan fingerprint density at radius 1 is 1.35 bits per heavy atom. The summed E-state index contributed by atoms with van der Waals surface area (Å²) in [5, 5.41) is 14.1. The summed E-state index contributed by atoms with van der Waals surface area (Å²) in [5.74, 6) is 1.89. The molecule has 106 valence electrons. The summed E-state index contributed by atoms with van der Waals surface area (Å²) >= 11 is 0. The molecule has 0 aliphatic carbocycles. The monoisotopic (exact) mass is 275 g/mol. The largest absolute Gasteiger partial charge is 0.466 e. The average molecular weight is 275 g/mol. The zero-order valence-electron chi connectivity index (χ0n) is 11.9. The van der Waals surface area contributed by atoms with Crippen LogP contribution in [0, 0.1) is 30.9 Å². The van der Waals surface area contributed by atoms with Crippen LogP contribution in [-0.2, 0) is 0 Å². The third kappa shape index (κ3) is 2.79. The fraction of sp³-hybridized carbons (Fsp3) is 0.357. The van der Waals surface area contributed by atoms with E-state index in [1.54, 1.807) is 13.1 Å². The second-order valence-corrected chi connectivity index (χ2v) is 4.87. The number of pyridine rings is 1. The summed E-state index contributed by atoms with van der Waals surface area (Å²) in [6, 6.07) is 3.31. The van der Waals surface area contributed by atoms with Crippen molar-refractivity contribution in [2.75, 3.05) is 5.32 Å². The molecule has 2 heterocycles. The van der Waals surface area contributed by atoms with E-state index in [-0.39, 0.29) is 17.5 Å². The number of aromatic nitrogens is 1. The Kier molecular flexibility index (Phi) is 3.74. The first-order valence-corrected chi connectivity index (χ1v) is 6.33.